The zero-order chi connectivity index (χ0) is 15.4. The Balaban J connectivity index is 1.54. The van der Waals surface area contributed by atoms with Gasteiger partial charge in [0.15, 0.2) is 0 Å². The van der Waals surface area contributed by atoms with Gasteiger partial charge in [0.25, 0.3) is 0 Å². The van der Waals surface area contributed by atoms with E-state index in [1.54, 1.807) is 6.26 Å². The maximum Gasteiger partial charge on any atom is 0.149 e. The molecule has 0 amide bonds. The highest BCUT2D eigenvalue weighted by atomic mass is 35.5. The van der Waals surface area contributed by atoms with E-state index in [4.69, 9.17) is 16.0 Å². The summed E-state index contributed by atoms with van der Waals surface area (Å²) in [5.41, 5.74) is 2.11. The fourth-order valence-electron chi connectivity index (χ4n) is 2.61. The summed E-state index contributed by atoms with van der Waals surface area (Å²) in [5.74, 6) is 0.832. The Morgan fingerprint density at radius 1 is 1.14 bits per heavy atom. The van der Waals surface area contributed by atoms with Crippen LogP contribution < -0.4 is 0 Å². The zero-order valence-corrected chi connectivity index (χ0v) is 13.5. The van der Waals surface area contributed by atoms with Gasteiger partial charge >= 0.3 is 0 Å². The molecule has 0 unspecified atom stereocenters. The van der Waals surface area contributed by atoms with Crippen molar-refractivity contribution in [2.24, 2.45) is 5.10 Å². The van der Waals surface area contributed by atoms with Crippen molar-refractivity contribution in [3.8, 4) is 0 Å². The molecule has 0 bridgehead atoms. The Bertz CT molecular complexity index is 631. The summed E-state index contributed by atoms with van der Waals surface area (Å²) in [4.78, 5) is 2.41. The van der Waals surface area contributed by atoms with E-state index in [0.29, 0.717) is 0 Å². The van der Waals surface area contributed by atoms with Gasteiger partial charge in [-0.1, -0.05) is 29.8 Å². The second-order valence-electron chi connectivity index (χ2n) is 5.48. The van der Waals surface area contributed by atoms with E-state index in [1.165, 1.54) is 5.56 Å². The first-order valence-electron chi connectivity index (χ1n) is 7.52. The molecule has 2 aromatic rings. The monoisotopic (exact) mass is 317 g/mol. The van der Waals surface area contributed by atoms with Gasteiger partial charge < -0.3 is 4.42 Å². The first kappa shape index (κ1) is 15.1. The van der Waals surface area contributed by atoms with E-state index < -0.39 is 0 Å². The molecule has 22 heavy (non-hydrogen) atoms. The van der Waals surface area contributed by atoms with Crippen LogP contribution in [-0.4, -0.2) is 41.8 Å². The molecule has 0 spiro atoms. The highest BCUT2D eigenvalue weighted by molar-refractivity contribution is 6.31. The van der Waals surface area contributed by atoms with Gasteiger partial charge in [0, 0.05) is 37.7 Å². The van der Waals surface area contributed by atoms with Crippen molar-refractivity contribution in [1.29, 1.82) is 0 Å². The molecule has 1 aromatic heterocycles. The predicted molar refractivity (Wildman–Crippen MR) is 89.2 cm³/mol. The van der Waals surface area contributed by atoms with Crippen molar-refractivity contribution in [3.05, 3.63) is 59.0 Å². The SMILES string of the molecule is C/C(=N\N1CCN(Cc2ccccc2Cl)CC1)c1ccco1. The smallest absolute Gasteiger partial charge is 0.149 e. The molecule has 3 rings (SSSR count). The summed E-state index contributed by atoms with van der Waals surface area (Å²) in [6.45, 7) is 6.69. The number of furan rings is 1. The molecular weight excluding hydrogens is 298 g/mol. The average Bonchev–Trinajstić information content (AvgIpc) is 3.06. The molecule has 0 aliphatic carbocycles. The number of hydrogen-bond acceptors (Lipinski definition) is 4. The number of nitrogens with zero attached hydrogens (tertiary/aromatic N) is 3. The topological polar surface area (TPSA) is 32.0 Å². The van der Waals surface area contributed by atoms with E-state index in [0.717, 1.165) is 49.2 Å². The second kappa shape index (κ2) is 6.99. The van der Waals surface area contributed by atoms with E-state index in [-0.39, 0.29) is 0 Å². The van der Waals surface area contributed by atoms with Crippen molar-refractivity contribution >= 4 is 17.3 Å². The lowest BCUT2D eigenvalue weighted by atomic mass is 10.2. The lowest BCUT2D eigenvalue weighted by Crippen LogP contribution is -2.43. The summed E-state index contributed by atoms with van der Waals surface area (Å²) in [5, 5.41) is 7.60. The number of piperazine rings is 1. The van der Waals surface area contributed by atoms with Crippen molar-refractivity contribution in [1.82, 2.24) is 9.91 Å². The first-order valence-corrected chi connectivity index (χ1v) is 7.90. The van der Waals surface area contributed by atoms with Gasteiger partial charge in [0.05, 0.1) is 12.0 Å². The number of hydrazone groups is 1. The lowest BCUT2D eigenvalue weighted by Gasteiger charge is -2.33. The molecule has 0 N–H and O–H groups in total. The van der Waals surface area contributed by atoms with Crippen LogP contribution in [0, 0.1) is 0 Å². The minimum absolute atomic E-state index is 0.832. The minimum Gasteiger partial charge on any atom is -0.463 e. The standard InChI is InChI=1S/C17H20ClN3O/c1-14(17-7-4-12-22-17)19-21-10-8-20(9-11-21)13-15-5-2-3-6-16(15)18/h2-7,12H,8-11,13H2,1H3/b19-14+. The van der Waals surface area contributed by atoms with Crippen LogP contribution in [0.3, 0.4) is 0 Å². The fraction of sp³-hybridized carbons (Fsp3) is 0.353. The Morgan fingerprint density at radius 3 is 2.59 bits per heavy atom. The number of halogens is 1. The third kappa shape index (κ3) is 3.70. The highest BCUT2D eigenvalue weighted by Crippen LogP contribution is 2.18. The summed E-state index contributed by atoms with van der Waals surface area (Å²) in [7, 11) is 0. The summed E-state index contributed by atoms with van der Waals surface area (Å²) in [6.07, 6.45) is 1.68. The fourth-order valence-corrected chi connectivity index (χ4v) is 2.80. The Hall–Kier alpha value is -1.78. The molecule has 4 nitrogen and oxygen atoms in total. The van der Waals surface area contributed by atoms with Crippen LogP contribution in [0.15, 0.2) is 52.2 Å². The number of rotatable bonds is 4. The quantitative estimate of drug-likeness (QED) is 0.809. The minimum atomic E-state index is 0.832. The Kier molecular flexibility index (Phi) is 4.80. The molecule has 2 heterocycles. The molecule has 116 valence electrons. The largest absolute Gasteiger partial charge is 0.463 e. The van der Waals surface area contributed by atoms with Crippen LogP contribution in [0.1, 0.15) is 18.2 Å². The zero-order valence-electron chi connectivity index (χ0n) is 12.7. The van der Waals surface area contributed by atoms with Gasteiger partial charge in [-0.15, -0.1) is 0 Å². The van der Waals surface area contributed by atoms with Gasteiger partial charge in [-0.3, -0.25) is 9.91 Å². The molecule has 0 atom stereocenters. The van der Waals surface area contributed by atoms with Crippen LogP contribution in [0.2, 0.25) is 5.02 Å². The highest BCUT2D eigenvalue weighted by Gasteiger charge is 2.17. The third-order valence-corrected chi connectivity index (χ3v) is 4.24. The van der Waals surface area contributed by atoms with Gasteiger partial charge in [-0.2, -0.15) is 5.10 Å². The molecule has 1 aromatic carbocycles. The summed E-state index contributed by atoms with van der Waals surface area (Å²) in [6, 6.07) is 11.9. The van der Waals surface area contributed by atoms with Crippen molar-refractivity contribution in [3.63, 3.8) is 0 Å². The molecular formula is C17H20ClN3O. The van der Waals surface area contributed by atoms with Gasteiger partial charge in [-0.25, -0.2) is 0 Å². The number of benzene rings is 1. The van der Waals surface area contributed by atoms with Gasteiger partial charge in [-0.05, 0) is 30.7 Å². The summed E-state index contributed by atoms with van der Waals surface area (Å²) >= 11 is 6.23. The maximum absolute atomic E-state index is 6.23. The first-order chi connectivity index (χ1) is 10.7. The predicted octanol–water partition coefficient (Wildman–Crippen LogP) is 3.47. The van der Waals surface area contributed by atoms with Crippen molar-refractivity contribution in [2.45, 2.75) is 13.5 Å². The molecule has 0 radical (unpaired) electrons. The molecule has 0 saturated carbocycles. The maximum atomic E-state index is 6.23. The van der Waals surface area contributed by atoms with Crippen molar-refractivity contribution < 1.29 is 4.42 Å². The van der Waals surface area contributed by atoms with E-state index in [9.17, 15) is 0 Å². The van der Waals surface area contributed by atoms with E-state index >= 15 is 0 Å². The van der Waals surface area contributed by atoms with Crippen LogP contribution >= 0.6 is 11.6 Å². The van der Waals surface area contributed by atoms with E-state index in [2.05, 4.69) is 21.1 Å². The average molecular weight is 318 g/mol. The summed E-state index contributed by atoms with van der Waals surface area (Å²) < 4.78 is 5.37. The van der Waals surface area contributed by atoms with Crippen LogP contribution in [0.5, 0.6) is 0 Å². The normalized spacial score (nSPS) is 17.0. The second-order valence-corrected chi connectivity index (χ2v) is 5.89. The van der Waals surface area contributed by atoms with E-state index in [1.807, 2.05) is 37.3 Å². The molecule has 1 fully saturated rings. The van der Waals surface area contributed by atoms with Crippen LogP contribution in [0.4, 0.5) is 0 Å². The molecule has 1 aliphatic heterocycles. The van der Waals surface area contributed by atoms with Gasteiger partial charge in [0.2, 0.25) is 0 Å². The van der Waals surface area contributed by atoms with Crippen molar-refractivity contribution in [2.75, 3.05) is 26.2 Å². The molecule has 1 aliphatic rings. The molecule has 1 saturated heterocycles. The third-order valence-electron chi connectivity index (χ3n) is 3.87. The lowest BCUT2D eigenvalue weighted by molar-refractivity contribution is 0.130. The van der Waals surface area contributed by atoms with Crippen LogP contribution in [0.25, 0.3) is 0 Å². The van der Waals surface area contributed by atoms with Crippen LogP contribution in [-0.2, 0) is 6.54 Å². The molecule has 5 heteroatoms. The number of hydrogen-bond donors (Lipinski definition) is 0. The van der Waals surface area contributed by atoms with Gasteiger partial charge in [0.1, 0.15) is 5.76 Å². The Morgan fingerprint density at radius 2 is 1.91 bits per heavy atom. The Labute approximate surface area is 136 Å².